The second kappa shape index (κ2) is 8.12. The summed E-state index contributed by atoms with van der Waals surface area (Å²) in [6.45, 7) is 4.03. The quantitative estimate of drug-likeness (QED) is 0.794. The lowest BCUT2D eigenvalue weighted by atomic mass is 10.2. The lowest BCUT2D eigenvalue weighted by Crippen LogP contribution is -2.18. The van der Waals surface area contributed by atoms with Gasteiger partial charge in [0.25, 0.3) is 0 Å². The fourth-order valence-electron chi connectivity index (χ4n) is 1.97. The number of benzene rings is 1. The average molecular weight is 320 g/mol. The molecule has 2 aromatic rings. The first-order valence-electron chi connectivity index (χ1n) is 7.10. The number of nitrogens with zero attached hydrogens (tertiary/aromatic N) is 2. The Morgan fingerprint density at radius 2 is 1.86 bits per heavy atom. The van der Waals surface area contributed by atoms with Gasteiger partial charge >= 0.3 is 0 Å². The summed E-state index contributed by atoms with van der Waals surface area (Å²) in [6, 6.07) is 9.78. The summed E-state index contributed by atoms with van der Waals surface area (Å²) in [5, 5.41) is -0.411. The van der Waals surface area contributed by atoms with E-state index in [-0.39, 0.29) is 0 Å². The predicted octanol–water partition coefficient (Wildman–Crippen LogP) is 3.04. The van der Waals surface area contributed by atoms with Gasteiger partial charge in [0.2, 0.25) is 0 Å². The minimum absolute atomic E-state index is 0.388. The fraction of sp³-hybridized carbons (Fsp3) is 0.375. The van der Waals surface area contributed by atoms with Gasteiger partial charge in [0.05, 0.1) is 11.9 Å². The van der Waals surface area contributed by atoms with Crippen molar-refractivity contribution in [2.24, 2.45) is 0 Å². The van der Waals surface area contributed by atoms with E-state index < -0.39 is 22.4 Å². The Morgan fingerprint density at radius 1 is 1.23 bits per heavy atom. The third-order valence-electron chi connectivity index (χ3n) is 3.27. The minimum atomic E-state index is -1.89. The standard InChI is InChI=1S/C16H20N2O3S/c1-12-9-17-16(18-10-12)15(8-13(2)22(19)20)21-11-14-6-4-3-5-7-14/h3-7,9-10,13,15H,8,11H2,1-2H3,(H,19,20). The molecule has 22 heavy (non-hydrogen) atoms. The van der Waals surface area contributed by atoms with Gasteiger partial charge in [-0.3, -0.25) is 0 Å². The van der Waals surface area contributed by atoms with Crippen LogP contribution in [0.4, 0.5) is 0 Å². The van der Waals surface area contributed by atoms with Gasteiger partial charge < -0.3 is 9.29 Å². The first-order valence-corrected chi connectivity index (χ1v) is 8.27. The van der Waals surface area contributed by atoms with Crippen LogP contribution in [0.1, 0.15) is 36.4 Å². The highest BCUT2D eigenvalue weighted by atomic mass is 32.2. The third kappa shape index (κ3) is 4.98. The van der Waals surface area contributed by atoms with E-state index in [4.69, 9.17) is 4.74 Å². The highest BCUT2D eigenvalue weighted by Gasteiger charge is 2.21. The van der Waals surface area contributed by atoms with E-state index in [1.807, 2.05) is 37.3 Å². The first-order chi connectivity index (χ1) is 10.6. The van der Waals surface area contributed by atoms with Gasteiger partial charge in [-0.15, -0.1) is 0 Å². The van der Waals surface area contributed by atoms with Crippen molar-refractivity contribution in [3.05, 3.63) is 59.7 Å². The fourth-order valence-corrected chi connectivity index (χ4v) is 2.31. The number of aromatic nitrogens is 2. The molecule has 0 saturated carbocycles. The van der Waals surface area contributed by atoms with E-state index in [1.165, 1.54) is 0 Å². The van der Waals surface area contributed by atoms with Crippen molar-refractivity contribution in [1.82, 2.24) is 9.97 Å². The van der Waals surface area contributed by atoms with Crippen LogP contribution in [0.25, 0.3) is 0 Å². The molecule has 1 N–H and O–H groups in total. The van der Waals surface area contributed by atoms with E-state index in [0.717, 1.165) is 11.1 Å². The zero-order chi connectivity index (χ0) is 15.9. The monoisotopic (exact) mass is 320 g/mol. The summed E-state index contributed by atoms with van der Waals surface area (Å²) in [5.41, 5.74) is 2.00. The van der Waals surface area contributed by atoms with Gasteiger partial charge in [-0.05, 0) is 31.4 Å². The van der Waals surface area contributed by atoms with Crippen LogP contribution in [0.3, 0.4) is 0 Å². The van der Waals surface area contributed by atoms with Gasteiger partial charge in [-0.25, -0.2) is 14.2 Å². The molecule has 1 aromatic carbocycles. The van der Waals surface area contributed by atoms with Crippen LogP contribution in [-0.4, -0.2) is 24.0 Å². The van der Waals surface area contributed by atoms with Crippen molar-refractivity contribution < 1.29 is 13.5 Å². The normalized spacial score (nSPS) is 15.2. The van der Waals surface area contributed by atoms with Crippen molar-refractivity contribution in [2.75, 3.05) is 0 Å². The first kappa shape index (κ1) is 16.7. The predicted molar refractivity (Wildman–Crippen MR) is 85.6 cm³/mol. The Labute approximate surface area is 133 Å². The molecule has 0 aliphatic carbocycles. The Balaban J connectivity index is 2.10. The van der Waals surface area contributed by atoms with Crippen LogP contribution in [0.2, 0.25) is 0 Å². The molecule has 3 unspecified atom stereocenters. The molecule has 0 fully saturated rings. The maximum atomic E-state index is 11.2. The van der Waals surface area contributed by atoms with Crippen LogP contribution in [0, 0.1) is 6.92 Å². The third-order valence-corrected chi connectivity index (χ3v) is 4.15. The molecule has 6 heteroatoms. The Bertz CT molecular complexity index is 605. The molecule has 1 heterocycles. The molecule has 3 atom stereocenters. The number of rotatable bonds is 7. The maximum Gasteiger partial charge on any atom is 0.157 e. The molecule has 0 aliphatic heterocycles. The summed E-state index contributed by atoms with van der Waals surface area (Å²) in [5.74, 6) is 0.541. The van der Waals surface area contributed by atoms with Crippen molar-refractivity contribution >= 4 is 11.1 Å². The van der Waals surface area contributed by atoms with Gasteiger partial charge in [-0.1, -0.05) is 30.3 Å². The Kier molecular flexibility index (Phi) is 6.18. The van der Waals surface area contributed by atoms with Crippen molar-refractivity contribution in [2.45, 2.75) is 38.2 Å². The lowest BCUT2D eigenvalue weighted by molar-refractivity contribution is 0.0280. The molecular weight excluding hydrogens is 300 g/mol. The summed E-state index contributed by atoms with van der Waals surface area (Å²) in [7, 11) is 0. The van der Waals surface area contributed by atoms with Crippen LogP contribution in [-0.2, 0) is 22.4 Å². The summed E-state index contributed by atoms with van der Waals surface area (Å²) >= 11 is -1.89. The summed E-state index contributed by atoms with van der Waals surface area (Å²) in [4.78, 5) is 8.57. The largest absolute Gasteiger partial charge is 0.365 e. The van der Waals surface area contributed by atoms with Crippen LogP contribution in [0.15, 0.2) is 42.7 Å². The van der Waals surface area contributed by atoms with Crippen molar-refractivity contribution in [3.63, 3.8) is 0 Å². The van der Waals surface area contributed by atoms with Crippen LogP contribution < -0.4 is 0 Å². The molecule has 0 aliphatic rings. The molecule has 0 radical (unpaired) electrons. The van der Waals surface area contributed by atoms with Crippen LogP contribution in [0.5, 0.6) is 0 Å². The van der Waals surface area contributed by atoms with Gasteiger partial charge in [0.1, 0.15) is 6.10 Å². The van der Waals surface area contributed by atoms with E-state index in [1.54, 1.807) is 19.3 Å². The Morgan fingerprint density at radius 3 is 2.45 bits per heavy atom. The second-order valence-electron chi connectivity index (χ2n) is 5.23. The molecule has 2 rings (SSSR count). The molecule has 118 valence electrons. The lowest BCUT2D eigenvalue weighted by Gasteiger charge is -2.19. The SMILES string of the molecule is Cc1cnc(C(CC(C)S(=O)O)OCc2ccccc2)nc1. The smallest absolute Gasteiger partial charge is 0.157 e. The number of ether oxygens (including phenoxy) is 1. The highest BCUT2D eigenvalue weighted by Crippen LogP contribution is 2.23. The molecule has 5 nitrogen and oxygen atoms in total. The Hall–Kier alpha value is -1.63. The maximum absolute atomic E-state index is 11.2. The number of hydrogen-bond acceptors (Lipinski definition) is 4. The van der Waals surface area contributed by atoms with Gasteiger partial charge in [0.15, 0.2) is 16.9 Å². The molecule has 0 saturated heterocycles. The summed E-state index contributed by atoms with van der Waals surface area (Å²) in [6.07, 6.45) is 3.43. The molecule has 0 bridgehead atoms. The van der Waals surface area contributed by atoms with Gasteiger partial charge in [-0.2, -0.15) is 0 Å². The van der Waals surface area contributed by atoms with Crippen LogP contribution >= 0.6 is 0 Å². The van der Waals surface area contributed by atoms with Gasteiger partial charge in [0, 0.05) is 12.4 Å². The molecule has 0 spiro atoms. The average Bonchev–Trinajstić information content (AvgIpc) is 2.53. The zero-order valence-electron chi connectivity index (χ0n) is 12.7. The number of aryl methyl sites for hydroxylation is 1. The zero-order valence-corrected chi connectivity index (χ0v) is 13.5. The van der Waals surface area contributed by atoms with E-state index in [9.17, 15) is 8.76 Å². The molecule has 0 amide bonds. The minimum Gasteiger partial charge on any atom is -0.365 e. The molecular formula is C16H20N2O3S. The van der Waals surface area contributed by atoms with E-state index in [0.29, 0.717) is 18.9 Å². The topological polar surface area (TPSA) is 72.3 Å². The summed E-state index contributed by atoms with van der Waals surface area (Å²) < 4.78 is 26.3. The number of hydrogen-bond donors (Lipinski definition) is 1. The highest BCUT2D eigenvalue weighted by molar-refractivity contribution is 7.79. The van der Waals surface area contributed by atoms with Crippen molar-refractivity contribution in [1.29, 1.82) is 0 Å². The molecule has 1 aromatic heterocycles. The van der Waals surface area contributed by atoms with E-state index in [2.05, 4.69) is 9.97 Å². The van der Waals surface area contributed by atoms with Crippen molar-refractivity contribution in [3.8, 4) is 0 Å². The second-order valence-corrected chi connectivity index (χ2v) is 6.58. The van der Waals surface area contributed by atoms with E-state index >= 15 is 0 Å².